The van der Waals surface area contributed by atoms with Gasteiger partial charge in [-0.15, -0.1) is 5.10 Å². The van der Waals surface area contributed by atoms with Crippen molar-refractivity contribution in [1.82, 2.24) is 24.1 Å². The molecule has 30 heavy (non-hydrogen) atoms. The molecule has 0 bridgehead atoms. The molecular weight excluding hydrogens is 404 g/mol. The van der Waals surface area contributed by atoms with Crippen molar-refractivity contribution < 1.29 is 14.0 Å². The fourth-order valence-corrected chi connectivity index (χ4v) is 4.55. The molecule has 0 atom stereocenters. The lowest BCUT2D eigenvalue weighted by Crippen LogP contribution is -2.50. The summed E-state index contributed by atoms with van der Waals surface area (Å²) in [7, 11) is 0. The molecule has 162 valence electrons. The second kappa shape index (κ2) is 9.13. The van der Waals surface area contributed by atoms with Gasteiger partial charge in [-0.1, -0.05) is 12.8 Å². The Morgan fingerprint density at radius 1 is 1.20 bits per heavy atom. The molecule has 3 heterocycles. The van der Waals surface area contributed by atoms with Gasteiger partial charge in [-0.05, 0) is 37.2 Å². The number of nitrogens with two attached hydrogens (primary N) is 1. The van der Waals surface area contributed by atoms with Crippen LogP contribution in [0.4, 0.5) is 0 Å². The Balaban J connectivity index is 1.43. The van der Waals surface area contributed by atoms with Crippen molar-refractivity contribution in [2.45, 2.75) is 45.3 Å². The molecule has 1 aliphatic carbocycles. The van der Waals surface area contributed by atoms with Crippen molar-refractivity contribution in [3.05, 3.63) is 23.2 Å². The van der Waals surface area contributed by atoms with Crippen LogP contribution in [0.5, 0.6) is 0 Å². The predicted molar refractivity (Wildman–Crippen MR) is 113 cm³/mol. The minimum Gasteiger partial charge on any atom is -0.461 e. The summed E-state index contributed by atoms with van der Waals surface area (Å²) >= 11 is 5.62. The second-order valence-corrected chi connectivity index (χ2v) is 8.38. The predicted octanol–water partition coefficient (Wildman–Crippen LogP) is 1.84. The number of nitrogens with zero attached hydrogens (tertiary/aromatic N) is 5. The summed E-state index contributed by atoms with van der Waals surface area (Å²) < 4.78 is 9.56. The smallest absolute Gasteiger partial charge is 0.225 e. The third kappa shape index (κ3) is 4.49. The lowest BCUT2D eigenvalue weighted by molar-refractivity contribution is -0.137. The van der Waals surface area contributed by atoms with Crippen LogP contribution in [0.3, 0.4) is 0 Å². The minimum atomic E-state index is -0.391. The van der Waals surface area contributed by atoms with Crippen molar-refractivity contribution in [1.29, 1.82) is 0 Å². The number of carbonyl (C=O) groups excluding carboxylic acids is 2. The van der Waals surface area contributed by atoms with Gasteiger partial charge in [0.1, 0.15) is 0 Å². The van der Waals surface area contributed by atoms with Gasteiger partial charge in [-0.2, -0.15) is 0 Å². The summed E-state index contributed by atoms with van der Waals surface area (Å²) in [5.74, 6) is 1.33. The molecule has 2 aromatic rings. The Hall–Kier alpha value is -2.46. The van der Waals surface area contributed by atoms with E-state index in [0.717, 1.165) is 39.0 Å². The summed E-state index contributed by atoms with van der Waals surface area (Å²) in [6, 6.07) is 3.60. The lowest BCUT2D eigenvalue weighted by Gasteiger charge is -2.35. The van der Waals surface area contributed by atoms with Gasteiger partial charge in [-0.25, -0.2) is 4.68 Å². The van der Waals surface area contributed by atoms with Crippen LogP contribution in [-0.4, -0.2) is 62.1 Å². The summed E-state index contributed by atoms with van der Waals surface area (Å²) in [5.41, 5.74) is 5.32. The van der Waals surface area contributed by atoms with Crippen LogP contribution in [0, 0.1) is 10.7 Å². The fourth-order valence-electron chi connectivity index (χ4n) is 4.27. The Bertz CT molecular complexity index is 936. The molecule has 4 rings (SSSR count). The molecule has 2 N–H and O–H groups in total. The van der Waals surface area contributed by atoms with Gasteiger partial charge in [0.15, 0.2) is 16.4 Å². The first kappa shape index (κ1) is 20.8. The van der Waals surface area contributed by atoms with Crippen molar-refractivity contribution in [2.75, 3.05) is 26.2 Å². The maximum Gasteiger partial charge on any atom is 0.225 e. The third-order valence-electron chi connectivity index (χ3n) is 5.97. The van der Waals surface area contributed by atoms with E-state index >= 15 is 0 Å². The zero-order valence-electron chi connectivity index (χ0n) is 17.0. The van der Waals surface area contributed by atoms with Crippen LogP contribution >= 0.6 is 12.2 Å². The van der Waals surface area contributed by atoms with Gasteiger partial charge in [-0.3, -0.25) is 19.1 Å². The molecule has 2 fully saturated rings. The molecule has 9 nitrogen and oxygen atoms in total. The van der Waals surface area contributed by atoms with Crippen molar-refractivity contribution >= 4 is 24.0 Å². The molecule has 1 saturated carbocycles. The number of primary amides is 1. The number of rotatable bonds is 7. The van der Waals surface area contributed by atoms with Crippen LogP contribution < -0.4 is 5.73 Å². The molecular formula is C20H28N6O3S. The van der Waals surface area contributed by atoms with E-state index in [1.807, 2.05) is 11.0 Å². The van der Waals surface area contributed by atoms with Crippen LogP contribution in [0.2, 0.25) is 0 Å². The minimum absolute atomic E-state index is 0.176. The van der Waals surface area contributed by atoms with Gasteiger partial charge >= 0.3 is 0 Å². The largest absolute Gasteiger partial charge is 0.461 e. The Kier molecular flexibility index (Phi) is 6.33. The first-order chi connectivity index (χ1) is 14.5. The van der Waals surface area contributed by atoms with E-state index in [2.05, 4.69) is 10.00 Å². The quantitative estimate of drug-likeness (QED) is 0.670. The number of piperazine rings is 1. The number of hydrogen-bond acceptors (Lipinski definition) is 6. The van der Waals surface area contributed by atoms with Gasteiger partial charge in [0, 0.05) is 45.1 Å². The van der Waals surface area contributed by atoms with Crippen molar-refractivity contribution in [3.8, 4) is 11.6 Å². The SMILES string of the molecule is NC(=O)CCn1c(-c2ccco2)nn(CN2CCN(C(=O)C3CCCC3)CC2)c1=S. The normalized spacial score (nSPS) is 18.2. The Morgan fingerprint density at radius 3 is 2.57 bits per heavy atom. The standard InChI is InChI=1S/C20H28N6O3S/c21-17(27)7-8-25-18(16-6-3-13-29-16)22-26(20(25)30)14-23-9-11-24(12-10-23)19(28)15-4-1-2-5-15/h3,6,13,15H,1-2,4-5,7-12,14H2,(H2,21,27). The highest BCUT2D eigenvalue weighted by molar-refractivity contribution is 7.71. The first-order valence-electron chi connectivity index (χ1n) is 10.5. The Labute approximate surface area is 180 Å². The maximum absolute atomic E-state index is 12.6. The van der Waals surface area contributed by atoms with E-state index in [0.29, 0.717) is 35.5 Å². The number of hydrogen-bond donors (Lipinski definition) is 1. The van der Waals surface area contributed by atoms with Crippen LogP contribution in [0.15, 0.2) is 22.8 Å². The first-order valence-corrected chi connectivity index (χ1v) is 10.9. The van der Waals surface area contributed by atoms with Gasteiger partial charge in [0.2, 0.25) is 11.8 Å². The summed E-state index contributed by atoms with van der Waals surface area (Å²) in [6.45, 7) is 3.91. The zero-order chi connectivity index (χ0) is 21.1. The number of carbonyl (C=O) groups is 2. The fraction of sp³-hybridized carbons (Fsp3) is 0.600. The molecule has 0 aromatic carbocycles. The monoisotopic (exact) mass is 432 g/mol. The van der Waals surface area contributed by atoms with Gasteiger partial charge in [0.25, 0.3) is 0 Å². The highest BCUT2D eigenvalue weighted by Gasteiger charge is 2.29. The van der Waals surface area contributed by atoms with E-state index in [1.54, 1.807) is 21.6 Å². The van der Waals surface area contributed by atoms with E-state index in [9.17, 15) is 9.59 Å². The molecule has 2 amide bonds. The summed E-state index contributed by atoms with van der Waals surface area (Å²) in [4.78, 5) is 28.2. The molecule has 0 spiro atoms. The van der Waals surface area contributed by atoms with Gasteiger partial charge < -0.3 is 15.1 Å². The highest BCUT2D eigenvalue weighted by Crippen LogP contribution is 2.27. The molecule has 2 aliphatic rings. The number of aromatic nitrogens is 3. The Morgan fingerprint density at radius 2 is 1.93 bits per heavy atom. The average Bonchev–Trinajstić information content (AvgIpc) is 3.49. The maximum atomic E-state index is 12.6. The molecule has 0 radical (unpaired) electrons. The van der Waals surface area contributed by atoms with Crippen molar-refractivity contribution in [3.63, 3.8) is 0 Å². The van der Waals surface area contributed by atoms with E-state index in [4.69, 9.17) is 22.4 Å². The van der Waals surface area contributed by atoms with E-state index in [1.165, 1.54) is 12.8 Å². The molecule has 10 heteroatoms. The summed E-state index contributed by atoms with van der Waals surface area (Å²) in [6.07, 6.45) is 6.17. The third-order valence-corrected chi connectivity index (χ3v) is 6.40. The topological polar surface area (TPSA) is 103 Å². The molecule has 0 unspecified atom stereocenters. The van der Waals surface area contributed by atoms with E-state index < -0.39 is 5.91 Å². The van der Waals surface area contributed by atoms with Crippen molar-refractivity contribution in [2.24, 2.45) is 11.7 Å². The van der Waals surface area contributed by atoms with Crippen LogP contribution in [0.1, 0.15) is 32.1 Å². The molecule has 2 aromatic heterocycles. The molecule has 1 saturated heterocycles. The number of furan rings is 1. The summed E-state index contributed by atoms with van der Waals surface area (Å²) in [5, 5.41) is 4.65. The van der Waals surface area contributed by atoms with Crippen LogP contribution in [-0.2, 0) is 22.8 Å². The highest BCUT2D eigenvalue weighted by atomic mass is 32.1. The lowest BCUT2D eigenvalue weighted by atomic mass is 10.1. The zero-order valence-corrected chi connectivity index (χ0v) is 17.9. The van der Waals surface area contributed by atoms with Gasteiger partial charge in [0.05, 0.1) is 12.9 Å². The number of amides is 2. The second-order valence-electron chi connectivity index (χ2n) is 8.02. The van der Waals surface area contributed by atoms with E-state index in [-0.39, 0.29) is 12.3 Å². The van der Waals surface area contributed by atoms with Crippen LogP contribution in [0.25, 0.3) is 11.6 Å². The average molecular weight is 433 g/mol. The molecule has 1 aliphatic heterocycles.